The highest BCUT2D eigenvalue weighted by Gasteiger charge is 2.47. The fourth-order valence-corrected chi connectivity index (χ4v) is 8.52. The number of benzene rings is 2. The second kappa shape index (κ2) is 23.0. The third-order valence-corrected chi connectivity index (χ3v) is 11.6. The van der Waals surface area contributed by atoms with E-state index >= 15 is 4.39 Å². The summed E-state index contributed by atoms with van der Waals surface area (Å²) in [5.41, 5.74) is -1.68. The van der Waals surface area contributed by atoms with Gasteiger partial charge in [0, 0.05) is 48.9 Å². The Labute approximate surface area is 372 Å². The van der Waals surface area contributed by atoms with Crippen molar-refractivity contribution in [1.29, 1.82) is 5.26 Å². The van der Waals surface area contributed by atoms with E-state index in [1.54, 1.807) is 48.8 Å². The molecule has 20 heteroatoms. The van der Waals surface area contributed by atoms with Gasteiger partial charge in [-0.1, -0.05) is 36.9 Å². The average Bonchev–Trinajstić information content (AvgIpc) is 3.76. The van der Waals surface area contributed by atoms with Crippen molar-refractivity contribution in [3.8, 4) is 6.07 Å². The van der Waals surface area contributed by atoms with E-state index in [9.17, 15) is 28.0 Å². The van der Waals surface area contributed by atoms with Crippen LogP contribution in [0.1, 0.15) is 57.2 Å². The predicted octanol–water partition coefficient (Wildman–Crippen LogP) is 6.66. The zero-order valence-corrected chi connectivity index (χ0v) is 36.5. The molecule has 0 N–H and O–H groups in total. The van der Waals surface area contributed by atoms with Gasteiger partial charge < -0.3 is 33.3 Å². The standard InChI is InChI=1S/C44H49F3N6O10S/c1-6-17-58-42(56)53-28(2)21-51(22-29(53)3)39(54)15-16-40(55)61-31(5)62-43(57)63-44(25-52-27-49-26-50-52,36-14-13-34(45)19-38(36)47)30(4)64-35-23-59-41(60-24-35)10-8-7-9-33-12-11-32(20-48)18-37(33)46/h6-14,18-19,26-31,35,41H,1,15-17,21-25H2,2-5H3/b9-7+,10-8+/t28-,29+,30-,31?,35?,41?,44-/m1/s1. The Morgan fingerprint density at radius 2 is 1.75 bits per heavy atom. The fraction of sp³-hybridized carbons (Fsp3) is 0.432. The number of allylic oxidation sites excluding steroid dienone is 2. The van der Waals surface area contributed by atoms with Crippen molar-refractivity contribution in [2.45, 2.75) is 87.8 Å². The lowest BCUT2D eigenvalue weighted by Crippen LogP contribution is -2.59. The molecule has 2 saturated heterocycles. The van der Waals surface area contributed by atoms with E-state index in [4.69, 9.17) is 33.7 Å². The van der Waals surface area contributed by atoms with Crippen molar-refractivity contribution < 1.29 is 60.8 Å². The number of hydrogen-bond donors (Lipinski definition) is 0. The third kappa shape index (κ3) is 13.2. The number of amides is 2. The van der Waals surface area contributed by atoms with E-state index in [1.807, 2.05) is 6.07 Å². The number of aromatic nitrogens is 3. The molecule has 5 rings (SSSR count). The van der Waals surface area contributed by atoms with Gasteiger partial charge in [-0.15, -0.1) is 11.8 Å². The highest BCUT2D eigenvalue weighted by molar-refractivity contribution is 8.00. The molecule has 0 spiro atoms. The van der Waals surface area contributed by atoms with E-state index in [0.717, 1.165) is 18.2 Å². The van der Waals surface area contributed by atoms with E-state index < -0.39 is 64.4 Å². The summed E-state index contributed by atoms with van der Waals surface area (Å²) >= 11 is 1.23. The summed E-state index contributed by atoms with van der Waals surface area (Å²) in [6.07, 6.45) is 5.62. The molecule has 0 bridgehead atoms. The van der Waals surface area contributed by atoms with Crippen LogP contribution in [0.3, 0.4) is 0 Å². The monoisotopic (exact) mass is 910 g/mol. The number of nitriles is 1. The lowest BCUT2D eigenvalue weighted by atomic mass is 9.89. The first-order valence-electron chi connectivity index (χ1n) is 20.3. The van der Waals surface area contributed by atoms with Gasteiger partial charge in [-0.3, -0.25) is 14.5 Å². The average molecular weight is 911 g/mol. The lowest BCUT2D eigenvalue weighted by Gasteiger charge is -2.43. The van der Waals surface area contributed by atoms with Crippen LogP contribution in [0.15, 0.2) is 79.9 Å². The molecule has 2 aromatic carbocycles. The number of nitrogens with zero attached hydrogens (tertiary/aromatic N) is 6. The number of piperazine rings is 1. The van der Waals surface area contributed by atoms with Crippen molar-refractivity contribution in [3.63, 3.8) is 0 Å². The molecule has 2 aliphatic rings. The second-order valence-electron chi connectivity index (χ2n) is 14.9. The molecule has 64 heavy (non-hydrogen) atoms. The second-order valence-corrected chi connectivity index (χ2v) is 16.6. The number of esters is 1. The number of thioether (sulfide) groups is 1. The molecule has 5 atom stereocenters. The molecule has 2 aliphatic heterocycles. The van der Waals surface area contributed by atoms with Crippen molar-refractivity contribution >= 4 is 42.0 Å². The van der Waals surface area contributed by atoms with Crippen molar-refractivity contribution in [2.75, 3.05) is 32.9 Å². The Morgan fingerprint density at radius 3 is 2.39 bits per heavy atom. The maximum Gasteiger partial charge on any atom is 0.512 e. The van der Waals surface area contributed by atoms with Crippen LogP contribution in [0.4, 0.5) is 22.8 Å². The number of carbonyl (C=O) groups excluding carboxylic acids is 4. The molecular formula is C44H49F3N6O10S. The highest BCUT2D eigenvalue weighted by Crippen LogP contribution is 2.42. The van der Waals surface area contributed by atoms with Crippen molar-refractivity contribution in [1.82, 2.24) is 24.6 Å². The maximum atomic E-state index is 15.8. The molecular weight excluding hydrogens is 862 g/mol. The molecule has 0 saturated carbocycles. The first-order chi connectivity index (χ1) is 30.6. The normalized spacial score (nSPS) is 20.8. The van der Waals surface area contributed by atoms with Gasteiger partial charge in [0.2, 0.25) is 12.2 Å². The topological polar surface area (TPSA) is 185 Å². The summed E-state index contributed by atoms with van der Waals surface area (Å²) in [5.74, 6) is -3.65. The molecule has 2 amide bonds. The van der Waals surface area contributed by atoms with Gasteiger partial charge in [0.05, 0.1) is 55.1 Å². The van der Waals surface area contributed by atoms with Gasteiger partial charge in [-0.2, -0.15) is 10.4 Å². The number of hydrogen-bond acceptors (Lipinski definition) is 14. The van der Waals surface area contributed by atoms with Gasteiger partial charge in [-0.05, 0) is 51.1 Å². The fourth-order valence-electron chi connectivity index (χ4n) is 7.16. The van der Waals surface area contributed by atoms with Gasteiger partial charge in [-0.25, -0.2) is 32.4 Å². The van der Waals surface area contributed by atoms with Crippen LogP contribution in [-0.2, 0) is 50.2 Å². The number of carbonyl (C=O) groups is 4. The Balaban J connectivity index is 1.21. The van der Waals surface area contributed by atoms with E-state index in [-0.39, 0.29) is 87.0 Å². The molecule has 1 unspecified atom stereocenters. The summed E-state index contributed by atoms with van der Waals surface area (Å²) in [6.45, 7) is 10.5. The molecule has 3 heterocycles. The van der Waals surface area contributed by atoms with Crippen LogP contribution < -0.4 is 0 Å². The molecule has 342 valence electrons. The van der Waals surface area contributed by atoms with Gasteiger partial charge >= 0.3 is 18.2 Å². The smallest absolute Gasteiger partial charge is 0.445 e. The lowest BCUT2D eigenvalue weighted by molar-refractivity contribution is -0.172. The Hall–Kier alpha value is -6.17. The van der Waals surface area contributed by atoms with Crippen LogP contribution >= 0.6 is 11.8 Å². The quantitative estimate of drug-likeness (QED) is 0.0460. The summed E-state index contributed by atoms with van der Waals surface area (Å²) in [7, 11) is 0. The summed E-state index contributed by atoms with van der Waals surface area (Å²) < 4.78 is 79.2. The maximum absolute atomic E-state index is 15.8. The van der Waals surface area contributed by atoms with Crippen molar-refractivity contribution in [2.24, 2.45) is 0 Å². The van der Waals surface area contributed by atoms with Crippen LogP contribution in [0.5, 0.6) is 0 Å². The van der Waals surface area contributed by atoms with E-state index in [0.29, 0.717) is 6.07 Å². The Bertz CT molecular complexity index is 2200. The molecule has 2 fully saturated rings. The summed E-state index contributed by atoms with van der Waals surface area (Å²) in [6, 6.07) is 8.12. The van der Waals surface area contributed by atoms with Crippen molar-refractivity contribution in [3.05, 3.63) is 114 Å². The van der Waals surface area contributed by atoms with Gasteiger partial charge in [0.15, 0.2) is 11.9 Å². The molecule has 16 nitrogen and oxygen atoms in total. The third-order valence-electron chi connectivity index (χ3n) is 10.2. The van der Waals surface area contributed by atoms with E-state index in [1.165, 1.54) is 60.3 Å². The molecule has 0 aliphatic carbocycles. The van der Waals surface area contributed by atoms with Gasteiger partial charge in [0.1, 0.15) is 36.7 Å². The largest absolute Gasteiger partial charge is 0.512 e. The summed E-state index contributed by atoms with van der Waals surface area (Å²) in [5, 5.41) is 11.9. The Morgan fingerprint density at radius 1 is 1.02 bits per heavy atom. The van der Waals surface area contributed by atoms with Crippen LogP contribution in [0.25, 0.3) is 6.08 Å². The van der Waals surface area contributed by atoms with Crippen LogP contribution in [-0.4, -0.2) is 117 Å². The number of halogens is 3. The minimum Gasteiger partial charge on any atom is -0.445 e. The van der Waals surface area contributed by atoms with Gasteiger partial charge in [0.25, 0.3) is 0 Å². The van der Waals surface area contributed by atoms with Crippen LogP contribution in [0.2, 0.25) is 0 Å². The Kier molecular flexibility index (Phi) is 17.5. The highest BCUT2D eigenvalue weighted by atomic mass is 32.2. The molecule has 3 aromatic rings. The first-order valence-corrected chi connectivity index (χ1v) is 21.2. The summed E-state index contributed by atoms with van der Waals surface area (Å²) in [4.78, 5) is 59.1. The zero-order valence-electron chi connectivity index (χ0n) is 35.6. The van der Waals surface area contributed by atoms with E-state index in [2.05, 4.69) is 16.7 Å². The predicted molar refractivity (Wildman–Crippen MR) is 225 cm³/mol. The SMILES string of the molecule is C=CCOC(=O)N1[C@H](C)CN(C(=O)CCC(=O)OC(C)OC(=O)O[C@@](Cn2cncn2)(c2ccc(F)cc2F)[C@@H](C)SC2COC(/C=C/C=C/c3ccc(C#N)cc3F)OC2)C[C@@H]1C. The number of ether oxygens (including phenoxy) is 6. The molecule has 0 radical (unpaired) electrons. The number of rotatable bonds is 17. The minimum atomic E-state index is -1.95. The van der Waals surface area contributed by atoms with Crippen LogP contribution in [0, 0.1) is 28.8 Å². The molecule has 1 aromatic heterocycles. The first kappa shape index (κ1) is 48.9. The minimum absolute atomic E-state index is 0.0524. The zero-order chi connectivity index (χ0) is 46.4.